The third kappa shape index (κ3) is 2.48. The minimum atomic E-state index is -0.253. The molecule has 0 aliphatic heterocycles. The molecule has 1 atom stereocenters. The molecule has 0 fully saturated rings. The van der Waals surface area contributed by atoms with E-state index in [1.807, 2.05) is 23.9 Å². The van der Waals surface area contributed by atoms with Gasteiger partial charge in [-0.1, -0.05) is 0 Å². The fourth-order valence-corrected chi connectivity index (χ4v) is 2.56. The first kappa shape index (κ1) is 12.1. The van der Waals surface area contributed by atoms with Crippen molar-refractivity contribution in [1.82, 2.24) is 5.32 Å². The van der Waals surface area contributed by atoms with Crippen LogP contribution >= 0.6 is 11.3 Å². The Kier molecular flexibility index (Phi) is 3.76. The summed E-state index contributed by atoms with van der Waals surface area (Å²) in [4.78, 5) is 0. The van der Waals surface area contributed by atoms with Crippen molar-refractivity contribution in [2.75, 3.05) is 14.2 Å². The molecule has 0 saturated carbocycles. The molecule has 2 nitrogen and oxygen atoms in total. The molecule has 4 heteroatoms. The summed E-state index contributed by atoms with van der Waals surface area (Å²) in [7, 11) is 3.45. The molecule has 0 radical (unpaired) electrons. The van der Waals surface area contributed by atoms with Crippen molar-refractivity contribution in [1.29, 1.82) is 0 Å². The van der Waals surface area contributed by atoms with Crippen LogP contribution in [0.25, 0.3) is 0 Å². The van der Waals surface area contributed by atoms with Gasteiger partial charge in [-0.15, -0.1) is 0 Å². The summed E-state index contributed by atoms with van der Waals surface area (Å²) in [6.45, 7) is 0. The Balaban J connectivity index is 2.46. The van der Waals surface area contributed by atoms with Crippen molar-refractivity contribution in [2.45, 2.75) is 6.04 Å². The number of hydrogen-bond acceptors (Lipinski definition) is 3. The molecule has 1 unspecified atom stereocenters. The van der Waals surface area contributed by atoms with E-state index in [1.54, 1.807) is 24.5 Å². The molecule has 0 bridgehead atoms. The van der Waals surface area contributed by atoms with E-state index < -0.39 is 0 Å². The standard InChI is InChI=1S/C13H14FNOS/c1-15-13(9-5-6-17-8-9)11-7-10(14)3-4-12(11)16-2/h3-8,13,15H,1-2H3. The molecule has 2 rings (SSSR count). The van der Waals surface area contributed by atoms with Crippen LogP contribution < -0.4 is 10.1 Å². The molecular formula is C13H14FNOS. The number of hydrogen-bond donors (Lipinski definition) is 1. The van der Waals surface area contributed by atoms with Gasteiger partial charge in [-0.3, -0.25) is 0 Å². The summed E-state index contributed by atoms with van der Waals surface area (Å²) in [6, 6.07) is 6.55. The fourth-order valence-electron chi connectivity index (χ4n) is 1.87. The maximum atomic E-state index is 13.3. The second-order valence-electron chi connectivity index (χ2n) is 3.66. The zero-order chi connectivity index (χ0) is 12.3. The normalized spacial score (nSPS) is 12.4. The zero-order valence-corrected chi connectivity index (χ0v) is 10.6. The highest BCUT2D eigenvalue weighted by Crippen LogP contribution is 2.31. The Morgan fingerprint density at radius 1 is 1.35 bits per heavy atom. The van der Waals surface area contributed by atoms with Crippen LogP contribution in [0.3, 0.4) is 0 Å². The Bertz CT molecular complexity index is 484. The van der Waals surface area contributed by atoms with Gasteiger partial charge in [-0.05, 0) is 47.6 Å². The maximum absolute atomic E-state index is 13.3. The zero-order valence-electron chi connectivity index (χ0n) is 9.74. The first-order chi connectivity index (χ1) is 8.26. The van der Waals surface area contributed by atoms with Gasteiger partial charge in [0.05, 0.1) is 13.2 Å². The molecule has 1 aromatic carbocycles. The molecule has 0 aliphatic carbocycles. The Hall–Kier alpha value is -1.39. The number of methoxy groups -OCH3 is 1. The Morgan fingerprint density at radius 2 is 2.18 bits per heavy atom. The lowest BCUT2D eigenvalue weighted by Crippen LogP contribution is -2.18. The Morgan fingerprint density at radius 3 is 2.76 bits per heavy atom. The molecule has 90 valence electrons. The molecule has 2 aromatic rings. The average molecular weight is 251 g/mol. The predicted octanol–water partition coefficient (Wildman–Crippen LogP) is 3.20. The van der Waals surface area contributed by atoms with Crippen LogP contribution in [0.5, 0.6) is 5.75 Å². The summed E-state index contributed by atoms with van der Waals surface area (Å²) in [5.41, 5.74) is 1.93. The van der Waals surface area contributed by atoms with E-state index in [4.69, 9.17) is 4.74 Å². The largest absolute Gasteiger partial charge is 0.496 e. The van der Waals surface area contributed by atoms with Crippen molar-refractivity contribution < 1.29 is 9.13 Å². The van der Waals surface area contributed by atoms with Gasteiger partial charge in [-0.25, -0.2) is 4.39 Å². The lowest BCUT2D eigenvalue weighted by Gasteiger charge is -2.18. The first-order valence-electron chi connectivity index (χ1n) is 5.29. The third-order valence-electron chi connectivity index (χ3n) is 2.67. The molecular weight excluding hydrogens is 237 g/mol. The second kappa shape index (κ2) is 5.29. The van der Waals surface area contributed by atoms with Gasteiger partial charge in [0.15, 0.2) is 0 Å². The number of benzene rings is 1. The van der Waals surface area contributed by atoms with E-state index in [2.05, 4.69) is 5.32 Å². The molecule has 1 N–H and O–H groups in total. The summed E-state index contributed by atoms with van der Waals surface area (Å²) in [6.07, 6.45) is 0. The third-order valence-corrected chi connectivity index (χ3v) is 3.37. The van der Waals surface area contributed by atoms with Crippen molar-refractivity contribution >= 4 is 11.3 Å². The van der Waals surface area contributed by atoms with Gasteiger partial charge in [-0.2, -0.15) is 11.3 Å². The van der Waals surface area contributed by atoms with Crippen LogP contribution in [-0.4, -0.2) is 14.2 Å². The lowest BCUT2D eigenvalue weighted by molar-refractivity contribution is 0.404. The van der Waals surface area contributed by atoms with E-state index in [-0.39, 0.29) is 11.9 Å². The van der Waals surface area contributed by atoms with Crippen molar-refractivity contribution in [3.63, 3.8) is 0 Å². The Labute approximate surface area is 104 Å². The molecule has 1 heterocycles. The minimum absolute atomic E-state index is 0.0492. The van der Waals surface area contributed by atoms with E-state index in [1.165, 1.54) is 12.1 Å². The highest BCUT2D eigenvalue weighted by molar-refractivity contribution is 7.08. The van der Waals surface area contributed by atoms with E-state index >= 15 is 0 Å². The summed E-state index contributed by atoms with van der Waals surface area (Å²) in [5, 5.41) is 7.24. The van der Waals surface area contributed by atoms with Crippen LogP contribution in [0.4, 0.5) is 4.39 Å². The van der Waals surface area contributed by atoms with E-state index in [9.17, 15) is 4.39 Å². The molecule has 0 saturated heterocycles. The maximum Gasteiger partial charge on any atom is 0.124 e. The van der Waals surface area contributed by atoms with Crippen molar-refractivity contribution in [3.8, 4) is 5.75 Å². The van der Waals surface area contributed by atoms with Crippen LogP contribution in [0.1, 0.15) is 17.2 Å². The highest BCUT2D eigenvalue weighted by atomic mass is 32.1. The number of halogens is 1. The number of rotatable bonds is 4. The highest BCUT2D eigenvalue weighted by Gasteiger charge is 2.17. The minimum Gasteiger partial charge on any atom is -0.496 e. The first-order valence-corrected chi connectivity index (χ1v) is 6.23. The lowest BCUT2D eigenvalue weighted by atomic mass is 10.0. The predicted molar refractivity (Wildman–Crippen MR) is 68.2 cm³/mol. The summed E-state index contributed by atoms with van der Waals surface area (Å²) in [5.74, 6) is 0.438. The van der Waals surface area contributed by atoms with Gasteiger partial charge in [0.25, 0.3) is 0 Å². The SMILES string of the molecule is CNC(c1ccsc1)c1cc(F)ccc1OC. The van der Waals surface area contributed by atoms with Gasteiger partial charge in [0.2, 0.25) is 0 Å². The van der Waals surface area contributed by atoms with E-state index in [0.717, 1.165) is 11.1 Å². The molecule has 0 aliphatic rings. The summed E-state index contributed by atoms with van der Waals surface area (Å²) >= 11 is 1.62. The van der Waals surface area contributed by atoms with Crippen LogP contribution in [-0.2, 0) is 0 Å². The van der Waals surface area contributed by atoms with Gasteiger partial charge in [0, 0.05) is 5.56 Å². The number of thiophene rings is 1. The topological polar surface area (TPSA) is 21.3 Å². The van der Waals surface area contributed by atoms with Gasteiger partial charge < -0.3 is 10.1 Å². The van der Waals surface area contributed by atoms with Crippen LogP contribution in [0.2, 0.25) is 0 Å². The number of ether oxygens (including phenoxy) is 1. The molecule has 1 aromatic heterocycles. The molecule has 0 amide bonds. The second-order valence-corrected chi connectivity index (χ2v) is 4.44. The monoisotopic (exact) mass is 251 g/mol. The number of nitrogens with one attached hydrogen (secondary N) is 1. The molecule has 17 heavy (non-hydrogen) atoms. The van der Waals surface area contributed by atoms with Crippen LogP contribution in [0, 0.1) is 5.82 Å². The smallest absolute Gasteiger partial charge is 0.124 e. The van der Waals surface area contributed by atoms with Crippen molar-refractivity contribution in [3.05, 3.63) is 52.0 Å². The average Bonchev–Trinajstić information content (AvgIpc) is 2.84. The summed E-state index contributed by atoms with van der Waals surface area (Å²) < 4.78 is 18.6. The van der Waals surface area contributed by atoms with Crippen molar-refractivity contribution in [2.24, 2.45) is 0 Å². The van der Waals surface area contributed by atoms with Gasteiger partial charge >= 0.3 is 0 Å². The van der Waals surface area contributed by atoms with E-state index in [0.29, 0.717) is 5.75 Å². The van der Waals surface area contributed by atoms with Crippen LogP contribution in [0.15, 0.2) is 35.0 Å². The quantitative estimate of drug-likeness (QED) is 0.901. The van der Waals surface area contributed by atoms with Gasteiger partial charge in [0.1, 0.15) is 11.6 Å². The molecule has 0 spiro atoms. The fraction of sp³-hybridized carbons (Fsp3) is 0.231.